The maximum Gasteiger partial charge on any atom is 0.136 e. The average molecular weight is 171 g/mol. The van der Waals surface area contributed by atoms with E-state index < -0.39 is 0 Å². The Morgan fingerprint density at radius 3 is 2.00 bits per heavy atom. The van der Waals surface area contributed by atoms with Crippen LogP contribution in [0.2, 0.25) is 0 Å². The standard InChI is InChI=1S/C10H21NO/c1-7(2)10(12)6-9(5)11-8(3)4/h7-9,11H,6H2,1-5H3/t9-/m0/s1. The molecule has 0 aliphatic rings. The lowest BCUT2D eigenvalue weighted by Crippen LogP contribution is -2.34. The maximum atomic E-state index is 11.3. The number of Topliss-reactive ketones (excluding diaryl/α,β-unsaturated/α-hetero) is 1. The van der Waals surface area contributed by atoms with Gasteiger partial charge in [-0.15, -0.1) is 0 Å². The molecule has 1 atom stereocenters. The van der Waals surface area contributed by atoms with Gasteiger partial charge in [0.1, 0.15) is 5.78 Å². The molecule has 2 nitrogen and oxygen atoms in total. The van der Waals surface area contributed by atoms with E-state index in [9.17, 15) is 4.79 Å². The predicted octanol–water partition coefficient (Wildman–Crippen LogP) is 1.99. The number of rotatable bonds is 5. The monoisotopic (exact) mass is 171 g/mol. The van der Waals surface area contributed by atoms with Crippen LogP contribution in [-0.2, 0) is 4.79 Å². The van der Waals surface area contributed by atoms with Crippen molar-refractivity contribution in [3.05, 3.63) is 0 Å². The third-order valence-corrected chi connectivity index (χ3v) is 1.77. The van der Waals surface area contributed by atoms with Gasteiger partial charge in [-0.2, -0.15) is 0 Å². The first kappa shape index (κ1) is 11.6. The third kappa shape index (κ3) is 5.30. The largest absolute Gasteiger partial charge is 0.312 e. The van der Waals surface area contributed by atoms with E-state index in [4.69, 9.17) is 0 Å². The maximum absolute atomic E-state index is 11.3. The van der Waals surface area contributed by atoms with Crippen LogP contribution in [0.1, 0.15) is 41.0 Å². The van der Waals surface area contributed by atoms with E-state index in [0.29, 0.717) is 24.3 Å². The number of nitrogens with one attached hydrogen (secondary N) is 1. The Balaban J connectivity index is 3.69. The van der Waals surface area contributed by atoms with Crippen LogP contribution in [-0.4, -0.2) is 17.9 Å². The van der Waals surface area contributed by atoms with Crippen molar-refractivity contribution in [3.63, 3.8) is 0 Å². The molecule has 0 aliphatic heterocycles. The van der Waals surface area contributed by atoms with Crippen LogP contribution in [0.5, 0.6) is 0 Å². The summed E-state index contributed by atoms with van der Waals surface area (Å²) in [6.07, 6.45) is 0.649. The van der Waals surface area contributed by atoms with E-state index in [1.165, 1.54) is 0 Å². The first-order chi connectivity index (χ1) is 5.43. The number of ketones is 1. The van der Waals surface area contributed by atoms with Gasteiger partial charge >= 0.3 is 0 Å². The van der Waals surface area contributed by atoms with E-state index >= 15 is 0 Å². The van der Waals surface area contributed by atoms with Crippen molar-refractivity contribution < 1.29 is 4.79 Å². The fourth-order valence-electron chi connectivity index (χ4n) is 1.17. The molecular formula is C10H21NO. The Bertz CT molecular complexity index is 141. The summed E-state index contributed by atoms with van der Waals surface area (Å²) in [6.45, 7) is 10.1. The Morgan fingerprint density at radius 2 is 1.67 bits per heavy atom. The second-order valence-electron chi connectivity index (χ2n) is 4.05. The average Bonchev–Trinajstić information content (AvgIpc) is 1.84. The molecule has 0 aliphatic carbocycles. The quantitative estimate of drug-likeness (QED) is 0.685. The molecule has 0 bridgehead atoms. The number of hydrogen-bond donors (Lipinski definition) is 1. The highest BCUT2D eigenvalue weighted by atomic mass is 16.1. The lowest BCUT2D eigenvalue weighted by Gasteiger charge is -2.16. The van der Waals surface area contributed by atoms with E-state index in [2.05, 4.69) is 26.1 Å². The smallest absolute Gasteiger partial charge is 0.136 e. The Kier molecular flexibility index (Phi) is 5.14. The van der Waals surface area contributed by atoms with Gasteiger partial charge in [0.25, 0.3) is 0 Å². The Hall–Kier alpha value is -0.370. The van der Waals surface area contributed by atoms with Crippen molar-refractivity contribution in [1.29, 1.82) is 0 Å². The molecule has 0 aromatic rings. The fraction of sp³-hybridized carbons (Fsp3) is 0.900. The molecule has 0 saturated heterocycles. The van der Waals surface area contributed by atoms with Gasteiger partial charge in [-0.25, -0.2) is 0 Å². The van der Waals surface area contributed by atoms with E-state index in [1.54, 1.807) is 0 Å². The number of carbonyl (C=O) groups excluding carboxylic acids is 1. The summed E-state index contributed by atoms with van der Waals surface area (Å²) in [5, 5.41) is 3.31. The third-order valence-electron chi connectivity index (χ3n) is 1.77. The molecular weight excluding hydrogens is 150 g/mol. The Labute approximate surface area is 75.7 Å². The fourth-order valence-corrected chi connectivity index (χ4v) is 1.17. The van der Waals surface area contributed by atoms with Crippen molar-refractivity contribution in [1.82, 2.24) is 5.32 Å². The van der Waals surface area contributed by atoms with Crippen LogP contribution in [0.25, 0.3) is 0 Å². The summed E-state index contributed by atoms with van der Waals surface area (Å²) in [6, 6.07) is 0.764. The van der Waals surface area contributed by atoms with Crippen LogP contribution in [0.3, 0.4) is 0 Å². The number of hydrogen-bond acceptors (Lipinski definition) is 2. The first-order valence-electron chi connectivity index (χ1n) is 4.72. The molecule has 0 amide bonds. The highest BCUT2D eigenvalue weighted by molar-refractivity contribution is 5.80. The van der Waals surface area contributed by atoms with Gasteiger partial charge in [-0.05, 0) is 6.92 Å². The van der Waals surface area contributed by atoms with Crippen LogP contribution in [0, 0.1) is 5.92 Å². The summed E-state index contributed by atoms with van der Waals surface area (Å²) < 4.78 is 0. The summed E-state index contributed by atoms with van der Waals surface area (Å²) in [7, 11) is 0. The molecule has 0 saturated carbocycles. The molecule has 0 aromatic heterocycles. The Morgan fingerprint density at radius 1 is 1.17 bits per heavy atom. The molecule has 12 heavy (non-hydrogen) atoms. The zero-order chi connectivity index (χ0) is 9.72. The molecule has 2 heteroatoms. The summed E-state index contributed by atoms with van der Waals surface area (Å²) in [5.74, 6) is 0.511. The molecule has 0 radical (unpaired) electrons. The van der Waals surface area contributed by atoms with Crippen molar-refractivity contribution in [2.45, 2.75) is 53.1 Å². The van der Waals surface area contributed by atoms with Crippen LogP contribution < -0.4 is 5.32 Å². The highest BCUT2D eigenvalue weighted by Crippen LogP contribution is 2.02. The normalized spacial score (nSPS) is 13.9. The van der Waals surface area contributed by atoms with Crippen molar-refractivity contribution >= 4 is 5.78 Å². The lowest BCUT2D eigenvalue weighted by atomic mass is 10.0. The van der Waals surface area contributed by atoms with Crippen LogP contribution in [0.15, 0.2) is 0 Å². The second-order valence-corrected chi connectivity index (χ2v) is 4.05. The number of carbonyl (C=O) groups is 1. The van der Waals surface area contributed by atoms with Gasteiger partial charge < -0.3 is 5.32 Å². The second kappa shape index (κ2) is 5.31. The molecule has 0 aromatic carbocycles. The first-order valence-corrected chi connectivity index (χ1v) is 4.72. The summed E-state index contributed by atoms with van der Waals surface area (Å²) >= 11 is 0. The molecule has 0 heterocycles. The van der Waals surface area contributed by atoms with Crippen molar-refractivity contribution in [3.8, 4) is 0 Å². The predicted molar refractivity (Wildman–Crippen MR) is 52.2 cm³/mol. The minimum atomic E-state index is 0.168. The summed E-state index contributed by atoms with van der Waals surface area (Å²) in [4.78, 5) is 11.3. The minimum Gasteiger partial charge on any atom is -0.312 e. The van der Waals surface area contributed by atoms with Crippen molar-refractivity contribution in [2.75, 3.05) is 0 Å². The van der Waals surface area contributed by atoms with Gasteiger partial charge in [0.15, 0.2) is 0 Å². The van der Waals surface area contributed by atoms with E-state index in [0.717, 1.165) is 0 Å². The molecule has 0 unspecified atom stereocenters. The topological polar surface area (TPSA) is 29.1 Å². The van der Waals surface area contributed by atoms with Gasteiger partial charge in [0.05, 0.1) is 0 Å². The molecule has 0 rings (SSSR count). The highest BCUT2D eigenvalue weighted by Gasteiger charge is 2.12. The molecule has 1 N–H and O–H groups in total. The van der Waals surface area contributed by atoms with E-state index in [-0.39, 0.29) is 5.92 Å². The van der Waals surface area contributed by atoms with Crippen LogP contribution in [0.4, 0.5) is 0 Å². The van der Waals surface area contributed by atoms with Crippen LogP contribution >= 0.6 is 0 Å². The lowest BCUT2D eigenvalue weighted by molar-refractivity contribution is -0.122. The van der Waals surface area contributed by atoms with Gasteiger partial charge in [0, 0.05) is 24.4 Å². The zero-order valence-electron chi connectivity index (χ0n) is 8.85. The minimum absolute atomic E-state index is 0.168. The summed E-state index contributed by atoms with van der Waals surface area (Å²) in [5.41, 5.74) is 0. The zero-order valence-corrected chi connectivity index (χ0v) is 8.85. The van der Waals surface area contributed by atoms with Gasteiger partial charge in [-0.3, -0.25) is 4.79 Å². The molecule has 0 fully saturated rings. The SMILES string of the molecule is CC(C)N[C@@H](C)CC(=O)C(C)C. The van der Waals surface area contributed by atoms with Crippen molar-refractivity contribution in [2.24, 2.45) is 5.92 Å². The molecule has 0 spiro atoms. The van der Waals surface area contributed by atoms with Gasteiger partial charge in [0.2, 0.25) is 0 Å². The molecule has 72 valence electrons. The van der Waals surface area contributed by atoms with E-state index in [1.807, 2.05) is 13.8 Å². The van der Waals surface area contributed by atoms with Gasteiger partial charge in [-0.1, -0.05) is 27.7 Å².